The lowest BCUT2D eigenvalue weighted by atomic mass is 10.1. The molecule has 2 aliphatic heterocycles. The van der Waals surface area contributed by atoms with Gasteiger partial charge in [0.05, 0.1) is 26.4 Å². The van der Waals surface area contributed by atoms with E-state index >= 15 is 0 Å². The monoisotopic (exact) mass is 397 g/mol. The number of rotatable bonds is 5. The maximum Gasteiger partial charge on any atom is 0.317 e. The van der Waals surface area contributed by atoms with E-state index < -0.39 is 0 Å². The van der Waals surface area contributed by atoms with Crippen LogP contribution in [-0.4, -0.2) is 68.4 Å². The van der Waals surface area contributed by atoms with Crippen LogP contribution in [0.3, 0.4) is 0 Å². The Morgan fingerprint density at radius 3 is 2.69 bits per heavy atom. The van der Waals surface area contributed by atoms with Crippen LogP contribution in [0.1, 0.15) is 5.56 Å². The van der Waals surface area contributed by atoms with Crippen molar-refractivity contribution in [1.82, 2.24) is 15.1 Å². The van der Waals surface area contributed by atoms with Gasteiger partial charge in [-0.3, -0.25) is 4.90 Å². The Kier molecular flexibility index (Phi) is 6.17. The molecule has 2 heterocycles. The highest BCUT2D eigenvalue weighted by atomic mass is 16.5. The van der Waals surface area contributed by atoms with E-state index in [-0.39, 0.29) is 6.03 Å². The molecule has 2 aromatic carbocycles. The fraction of sp³-hybridized carbons (Fsp3) is 0.409. The summed E-state index contributed by atoms with van der Waals surface area (Å²) in [5.74, 6) is 2.08. The molecule has 0 bridgehead atoms. The van der Waals surface area contributed by atoms with Crippen molar-refractivity contribution in [3.63, 3.8) is 0 Å². The number of amides is 2. The van der Waals surface area contributed by atoms with Gasteiger partial charge in [0.15, 0.2) is 11.5 Å². The second-order valence-corrected chi connectivity index (χ2v) is 7.27. The van der Waals surface area contributed by atoms with Crippen molar-refractivity contribution in [3.05, 3.63) is 54.1 Å². The maximum absolute atomic E-state index is 12.5. The van der Waals surface area contributed by atoms with Gasteiger partial charge in [-0.1, -0.05) is 24.3 Å². The largest absolute Gasteiger partial charge is 0.493 e. The number of urea groups is 1. The van der Waals surface area contributed by atoms with E-state index in [1.54, 1.807) is 7.11 Å². The number of hydrogen-bond donors (Lipinski definition) is 1. The van der Waals surface area contributed by atoms with Gasteiger partial charge in [-0.25, -0.2) is 4.79 Å². The topological polar surface area (TPSA) is 63.3 Å². The molecule has 2 aromatic rings. The predicted molar refractivity (Wildman–Crippen MR) is 109 cm³/mol. The number of hydrogen-bond acceptors (Lipinski definition) is 5. The highest BCUT2D eigenvalue weighted by Crippen LogP contribution is 2.30. The molecular formula is C22H27N3O4. The van der Waals surface area contributed by atoms with Gasteiger partial charge in [-0.2, -0.15) is 0 Å². The lowest BCUT2D eigenvalue weighted by Crippen LogP contribution is -2.60. The smallest absolute Gasteiger partial charge is 0.317 e. The van der Waals surface area contributed by atoms with Crippen LogP contribution in [0, 0.1) is 0 Å². The zero-order chi connectivity index (χ0) is 20.1. The summed E-state index contributed by atoms with van der Waals surface area (Å²) in [4.78, 5) is 16.8. The highest BCUT2D eigenvalue weighted by molar-refractivity contribution is 5.74. The standard InChI is InChI=1S/C22H27N3O4/c1-27-20-4-2-3-5-21(20)29-19-8-6-17(7-9-19)14-23-22(26)25-11-10-24-12-13-28-16-18(24)15-25/h2-9,18H,10-16H2,1H3,(H,23,26). The van der Waals surface area contributed by atoms with Crippen molar-refractivity contribution < 1.29 is 19.0 Å². The van der Waals surface area contributed by atoms with Gasteiger partial charge < -0.3 is 24.4 Å². The summed E-state index contributed by atoms with van der Waals surface area (Å²) < 4.78 is 16.7. The SMILES string of the molecule is COc1ccccc1Oc1ccc(CNC(=O)N2CCN3CCOCC3C2)cc1. The summed E-state index contributed by atoms with van der Waals surface area (Å²) in [6.07, 6.45) is 0. The van der Waals surface area contributed by atoms with E-state index in [1.165, 1.54) is 0 Å². The minimum absolute atomic E-state index is 0.0235. The summed E-state index contributed by atoms with van der Waals surface area (Å²) >= 11 is 0. The molecular weight excluding hydrogens is 370 g/mol. The number of morpholine rings is 1. The average molecular weight is 397 g/mol. The maximum atomic E-state index is 12.5. The average Bonchev–Trinajstić information content (AvgIpc) is 2.78. The minimum atomic E-state index is -0.0235. The number of methoxy groups -OCH3 is 1. The third-order valence-electron chi connectivity index (χ3n) is 5.39. The van der Waals surface area contributed by atoms with Crippen LogP contribution in [0.5, 0.6) is 17.2 Å². The number of para-hydroxylation sites is 2. The molecule has 0 spiro atoms. The molecule has 2 saturated heterocycles. The van der Waals surface area contributed by atoms with Crippen molar-refractivity contribution in [2.45, 2.75) is 12.6 Å². The molecule has 1 atom stereocenters. The number of benzene rings is 2. The zero-order valence-corrected chi connectivity index (χ0v) is 16.7. The molecule has 0 aromatic heterocycles. The molecule has 1 N–H and O–H groups in total. The van der Waals surface area contributed by atoms with E-state index in [9.17, 15) is 4.79 Å². The Balaban J connectivity index is 1.28. The fourth-order valence-electron chi connectivity index (χ4n) is 3.73. The molecule has 1 unspecified atom stereocenters. The van der Waals surface area contributed by atoms with Crippen LogP contribution in [-0.2, 0) is 11.3 Å². The van der Waals surface area contributed by atoms with E-state index in [1.807, 2.05) is 53.4 Å². The van der Waals surface area contributed by atoms with E-state index in [2.05, 4.69) is 10.2 Å². The summed E-state index contributed by atoms with van der Waals surface area (Å²) in [6, 6.07) is 15.5. The van der Waals surface area contributed by atoms with Crippen molar-refractivity contribution >= 4 is 6.03 Å². The first-order chi connectivity index (χ1) is 14.2. The number of ether oxygens (including phenoxy) is 3. The number of piperazine rings is 1. The third kappa shape index (κ3) is 4.81. The van der Waals surface area contributed by atoms with Gasteiger partial charge in [-0.15, -0.1) is 0 Å². The molecule has 7 heteroatoms. The van der Waals surface area contributed by atoms with E-state index in [0.717, 1.165) is 44.1 Å². The zero-order valence-electron chi connectivity index (χ0n) is 16.7. The third-order valence-corrected chi connectivity index (χ3v) is 5.39. The minimum Gasteiger partial charge on any atom is -0.493 e. The van der Waals surface area contributed by atoms with Crippen LogP contribution in [0.4, 0.5) is 4.79 Å². The van der Waals surface area contributed by atoms with Gasteiger partial charge >= 0.3 is 6.03 Å². The van der Waals surface area contributed by atoms with Gasteiger partial charge in [0, 0.05) is 32.7 Å². The Morgan fingerprint density at radius 1 is 1.10 bits per heavy atom. The first-order valence-corrected chi connectivity index (χ1v) is 9.97. The second-order valence-electron chi connectivity index (χ2n) is 7.27. The first kappa shape index (κ1) is 19.5. The predicted octanol–water partition coefficient (Wildman–Crippen LogP) is 2.71. The molecule has 0 radical (unpaired) electrons. The van der Waals surface area contributed by atoms with Crippen LogP contribution < -0.4 is 14.8 Å². The Morgan fingerprint density at radius 2 is 1.90 bits per heavy atom. The molecule has 0 saturated carbocycles. The number of nitrogens with one attached hydrogen (secondary N) is 1. The molecule has 29 heavy (non-hydrogen) atoms. The van der Waals surface area contributed by atoms with Gasteiger partial charge in [0.25, 0.3) is 0 Å². The van der Waals surface area contributed by atoms with Gasteiger partial charge in [0.1, 0.15) is 5.75 Å². The van der Waals surface area contributed by atoms with Crippen molar-refractivity contribution in [2.24, 2.45) is 0 Å². The lowest BCUT2D eigenvalue weighted by Gasteiger charge is -2.43. The summed E-state index contributed by atoms with van der Waals surface area (Å²) in [6.45, 7) is 5.33. The Bertz CT molecular complexity index is 827. The first-order valence-electron chi connectivity index (χ1n) is 9.97. The van der Waals surface area contributed by atoms with Gasteiger partial charge in [0.2, 0.25) is 0 Å². The van der Waals surface area contributed by atoms with Gasteiger partial charge in [-0.05, 0) is 29.8 Å². The molecule has 7 nitrogen and oxygen atoms in total. The summed E-state index contributed by atoms with van der Waals surface area (Å²) in [5, 5.41) is 3.02. The van der Waals surface area contributed by atoms with E-state index in [0.29, 0.717) is 30.7 Å². The van der Waals surface area contributed by atoms with E-state index in [4.69, 9.17) is 14.2 Å². The van der Waals surface area contributed by atoms with Crippen molar-refractivity contribution in [3.8, 4) is 17.2 Å². The number of carbonyl (C=O) groups excluding carboxylic acids is 1. The molecule has 2 aliphatic rings. The highest BCUT2D eigenvalue weighted by Gasteiger charge is 2.31. The molecule has 2 amide bonds. The number of carbonyl (C=O) groups is 1. The van der Waals surface area contributed by atoms with Crippen LogP contribution in [0.15, 0.2) is 48.5 Å². The van der Waals surface area contributed by atoms with Crippen LogP contribution in [0.2, 0.25) is 0 Å². The normalized spacial score (nSPS) is 19.3. The van der Waals surface area contributed by atoms with Crippen molar-refractivity contribution in [1.29, 1.82) is 0 Å². The van der Waals surface area contributed by atoms with Crippen LogP contribution >= 0.6 is 0 Å². The molecule has 0 aliphatic carbocycles. The Labute approximate surface area is 171 Å². The molecule has 4 rings (SSSR count). The fourth-order valence-corrected chi connectivity index (χ4v) is 3.73. The Hall–Kier alpha value is -2.77. The molecule has 154 valence electrons. The summed E-state index contributed by atoms with van der Waals surface area (Å²) in [7, 11) is 1.62. The van der Waals surface area contributed by atoms with Crippen molar-refractivity contribution in [2.75, 3.05) is 46.5 Å². The lowest BCUT2D eigenvalue weighted by molar-refractivity contribution is -0.0365. The number of nitrogens with zero attached hydrogens (tertiary/aromatic N) is 2. The summed E-state index contributed by atoms with van der Waals surface area (Å²) in [5.41, 5.74) is 1.02. The quantitative estimate of drug-likeness (QED) is 0.841. The second kappa shape index (κ2) is 9.15. The van der Waals surface area contributed by atoms with Crippen LogP contribution in [0.25, 0.3) is 0 Å². The number of fused-ring (bicyclic) bond motifs is 1. The molecule has 2 fully saturated rings.